The van der Waals surface area contributed by atoms with Gasteiger partial charge in [0.05, 0.1) is 0 Å². The minimum Gasteiger partial charge on any atom is -0.480 e. The first-order valence-electron chi connectivity index (χ1n) is 7.46. The van der Waals surface area contributed by atoms with Crippen molar-refractivity contribution in [1.29, 1.82) is 0 Å². The van der Waals surface area contributed by atoms with Gasteiger partial charge >= 0.3 is 5.97 Å². The topological polar surface area (TPSA) is 76.6 Å². The molecule has 23 heavy (non-hydrogen) atoms. The minimum atomic E-state index is -0.870. The smallest absolute Gasteiger partial charge is 0.325 e. The van der Waals surface area contributed by atoms with Crippen molar-refractivity contribution >= 4 is 38.7 Å². The van der Waals surface area contributed by atoms with Crippen LogP contribution in [0, 0.1) is 0 Å². The average molecular weight is 380 g/mol. The molecule has 1 saturated heterocycles. The molecule has 2 aromatic rings. The number of fused-ring (bicyclic) bond motifs is 1. The second kappa shape index (κ2) is 6.33. The molecule has 0 aliphatic carbocycles. The second-order valence-corrected chi connectivity index (χ2v) is 6.63. The summed E-state index contributed by atoms with van der Waals surface area (Å²) in [5, 5.41) is 10.7. The number of carboxylic acids is 1. The highest BCUT2D eigenvalue weighted by Crippen LogP contribution is 2.31. The van der Waals surface area contributed by atoms with Gasteiger partial charge in [0.25, 0.3) is 0 Å². The van der Waals surface area contributed by atoms with E-state index in [1.54, 1.807) is 18.0 Å². The molecule has 7 heteroatoms. The molecule has 3 rings (SSSR count). The van der Waals surface area contributed by atoms with Crippen molar-refractivity contribution < 1.29 is 14.7 Å². The lowest BCUT2D eigenvalue weighted by molar-refractivity contribution is -0.144. The molecular formula is C16H18BrN3O3. The number of aromatic amines is 1. The summed E-state index contributed by atoms with van der Waals surface area (Å²) in [6, 6.07) is 5.06. The zero-order valence-electron chi connectivity index (χ0n) is 12.8. The molecule has 1 aromatic carbocycles. The Hall–Kier alpha value is -1.86. The Morgan fingerprint density at radius 2 is 1.96 bits per heavy atom. The Bertz CT molecular complexity index is 750. The van der Waals surface area contributed by atoms with Crippen LogP contribution in [0.25, 0.3) is 10.9 Å². The van der Waals surface area contributed by atoms with Crippen LogP contribution in [-0.4, -0.2) is 57.9 Å². The number of aromatic nitrogens is 1. The van der Waals surface area contributed by atoms with E-state index in [0.717, 1.165) is 20.9 Å². The van der Waals surface area contributed by atoms with Crippen molar-refractivity contribution in [2.45, 2.75) is 13.0 Å². The molecular weight excluding hydrogens is 362 g/mol. The van der Waals surface area contributed by atoms with E-state index in [1.165, 1.54) is 0 Å². The molecule has 2 N–H and O–H groups in total. The van der Waals surface area contributed by atoms with E-state index in [4.69, 9.17) is 0 Å². The molecule has 6 nitrogen and oxygen atoms in total. The quantitative estimate of drug-likeness (QED) is 0.856. The summed E-state index contributed by atoms with van der Waals surface area (Å²) < 4.78 is 0.945. The van der Waals surface area contributed by atoms with Crippen LogP contribution in [0.1, 0.15) is 18.5 Å². The van der Waals surface area contributed by atoms with Gasteiger partial charge in [-0.1, -0.05) is 22.0 Å². The maximum absolute atomic E-state index is 11.9. The number of amides is 1. The van der Waals surface area contributed by atoms with Crippen molar-refractivity contribution in [3.05, 3.63) is 34.4 Å². The van der Waals surface area contributed by atoms with Crippen molar-refractivity contribution in [3.8, 4) is 0 Å². The number of aliphatic carboxylic acids is 1. The van der Waals surface area contributed by atoms with Crippen LogP contribution in [-0.2, 0) is 9.59 Å². The Labute approximate surface area is 142 Å². The Morgan fingerprint density at radius 3 is 2.57 bits per heavy atom. The summed E-state index contributed by atoms with van der Waals surface area (Å²) in [5.41, 5.74) is 1.67. The van der Waals surface area contributed by atoms with Gasteiger partial charge in [-0.15, -0.1) is 0 Å². The molecule has 0 saturated carbocycles. The Kier molecular flexibility index (Phi) is 4.41. The van der Waals surface area contributed by atoms with Crippen LogP contribution in [0.4, 0.5) is 0 Å². The maximum Gasteiger partial charge on any atom is 0.325 e. The van der Waals surface area contributed by atoms with E-state index < -0.39 is 12.0 Å². The minimum absolute atomic E-state index is 0.0356. The van der Waals surface area contributed by atoms with Gasteiger partial charge in [0.1, 0.15) is 6.04 Å². The zero-order valence-corrected chi connectivity index (χ0v) is 14.3. The third kappa shape index (κ3) is 3.11. The van der Waals surface area contributed by atoms with Crippen LogP contribution in [0.5, 0.6) is 0 Å². The highest BCUT2D eigenvalue weighted by atomic mass is 79.9. The molecule has 1 atom stereocenters. The first-order valence-corrected chi connectivity index (χ1v) is 8.25. The summed E-state index contributed by atoms with van der Waals surface area (Å²) in [5.74, 6) is -0.835. The number of hydrogen-bond acceptors (Lipinski definition) is 3. The van der Waals surface area contributed by atoms with Gasteiger partial charge in [0, 0.05) is 60.2 Å². The summed E-state index contributed by atoms with van der Waals surface area (Å²) >= 11 is 3.42. The molecule has 2 heterocycles. The summed E-state index contributed by atoms with van der Waals surface area (Å²) in [4.78, 5) is 30.1. The predicted molar refractivity (Wildman–Crippen MR) is 90.2 cm³/mol. The summed E-state index contributed by atoms with van der Waals surface area (Å²) in [6.45, 7) is 3.78. The van der Waals surface area contributed by atoms with Crippen molar-refractivity contribution in [2.24, 2.45) is 0 Å². The first-order chi connectivity index (χ1) is 11.0. The SMILES string of the molecule is CC(=O)N1CCN(C(C(=O)O)c2c[nH]c3cc(Br)ccc23)CC1. The van der Waals surface area contributed by atoms with Gasteiger partial charge in [-0.2, -0.15) is 0 Å². The van der Waals surface area contributed by atoms with Gasteiger partial charge in [0.2, 0.25) is 5.91 Å². The number of hydrogen-bond donors (Lipinski definition) is 2. The van der Waals surface area contributed by atoms with Gasteiger partial charge in [-0.3, -0.25) is 14.5 Å². The van der Waals surface area contributed by atoms with Gasteiger partial charge in [0.15, 0.2) is 0 Å². The zero-order chi connectivity index (χ0) is 16.6. The third-order valence-corrected chi connectivity index (χ3v) is 4.82. The van der Waals surface area contributed by atoms with Gasteiger partial charge < -0.3 is 15.0 Å². The lowest BCUT2D eigenvalue weighted by Gasteiger charge is -2.37. The molecule has 1 unspecified atom stereocenters. The fraction of sp³-hybridized carbons (Fsp3) is 0.375. The van der Waals surface area contributed by atoms with Crippen LogP contribution in [0.15, 0.2) is 28.9 Å². The maximum atomic E-state index is 11.9. The van der Waals surface area contributed by atoms with Crippen LogP contribution >= 0.6 is 15.9 Å². The number of halogens is 1. The summed E-state index contributed by atoms with van der Waals surface area (Å²) in [7, 11) is 0. The molecule has 1 aliphatic rings. The van der Waals surface area contributed by atoms with E-state index in [-0.39, 0.29) is 5.91 Å². The highest BCUT2D eigenvalue weighted by Gasteiger charge is 2.32. The van der Waals surface area contributed by atoms with Gasteiger partial charge in [-0.25, -0.2) is 0 Å². The van der Waals surface area contributed by atoms with Crippen molar-refractivity contribution in [2.75, 3.05) is 26.2 Å². The third-order valence-electron chi connectivity index (χ3n) is 4.33. The number of piperazine rings is 1. The second-order valence-electron chi connectivity index (χ2n) is 5.72. The monoisotopic (exact) mass is 379 g/mol. The number of benzene rings is 1. The van der Waals surface area contributed by atoms with Crippen molar-refractivity contribution in [3.63, 3.8) is 0 Å². The predicted octanol–water partition coefficient (Wildman–Crippen LogP) is 2.22. The fourth-order valence-electron chi connectivity index (χ4n) is 3.13. The van der Waals surface area contributed by atoms with Gasteiger partial charge in [-0.05, 0) is 12.1 Å². The molecule has 122 valence electrons. The highest BCUT2D eigenvalue weighted by molar-refractivity contribution is 9.10. The molecule has 1 aromatic heterocycles. The van der Waals surface area contributed by atoms with Crippen molar-refractivity contribution in [1.82, 2.24) is 14.8 Å². The normalized spacial score (nSPS) is 17.4. The molecule has 0 radical (unpaired) electrons. The average Bonchev–Trinajstić information content (AvgIpc) is 2.90. The van der Waals surface area contributed by atoms with E-state index in [2.05, 4.69) is 20.9 Å². The molecule has 1 amide bonds. The molecule has 1 fully saturated rings. The number of nitrogens with one attached hydrogen (secondary N) is 1. The largest absolute Gasteiger partial charge is 0.480 e. The Balaban J connectivity index is 1.90. The Morgan fingerprint density at radius 1 is 1.26 bits per heavy atom. The molecule has 0 bridgehead atoms. The number of carbonyl (C=O) groups excluding carboxylic acids is 1. The van der Waals surface area contributed by atoms with Crippen LogP contribution in [0.2, 0.25) is 0 Å². The fourth-order valence-corrected chi connectivity index (χ4v) is 3.49. The van der Waals surface area contributed by atoms with Crippen LogP contribution < -0.4 is 0 Å². The van der Waals surface area contributed by atoms with Crippen LogP contribution in [0.3, 0.4) is 0 Å². The van der Waals surface area contributed by atoms with E-state index in [0.29, 0.717) is 26.2 Å². The number of nitrogens with zero attached hydrogens (tertiary/aromatic N) is 2. The summed E-state index contributed by atoms with van der Waals surface area (Å²) in [6.07, 6.45) is 1.77. The lowest BCUT2D eigenvalue weighted by Crippen LogP contribution is -2.50. The standard InChI is InChI=1S/C16H18BrN3O3/c1-10(21)19-4-6-20(7-5-19)15(16(22)23)13-9-18-14-8-11(17)2-3-12(13)14/h2-3,8-9,15,18H,4-7H2,1H3,(H,22,23). The number of H-pyrrole nitrogens is 1. The van der Waals surface area contributed by atoms with E-state index in [1.807, 2.05) is 23.1 Å². The molecule has 0 spiro atoms. The van der Waals surface area contributed by atoms with E-state index in [9.17, 15) is 14.7 Å². The lowest BCUT2D eigenvalue weighted by atomic mass is 10.0. The van der Waals surface area contributed by atoms with E-state index >= 15 is 0 Å². The number of carboxylic acid groups (broad SMARTS) is 1. The first kappa shape index (κ1) is 16.0. The number of carbonyl (C=O) groups is 2. The number of rotatable bonds is 3. The molecule has 1 aliphatic heterocycles.